The minimum atomic E-state index is -3.33. The fraction of sp³-hybridized carbons (Fsp3) is 0.552. The molecule has 428 valence electrons. The zero-order chi connectivity index (χ0) is 56.1. The maximum absolute atomic E-state index is 17.1. The van der Waals surface area contributed by atoms with Crippen LogP contribution in [0.2, 0.25) is 24.2 Å². The van der Waals surface area contributed by atoms with Gasteiger partial charge < -0.3 is 53.1 Å². The van der Waals surface area contributed by atoms with Crippen LogP contribution in [0.5, 0.6) is 0 Å². The van der Waals surface area contributed by atoms with Crippen molar-refractivity contribution in [2.45, 2.75) is 133 Å². The number of hydrogen-bond donors (Lipinski definition) is 0. The van der Waals surface area contributed by atoms with E-state index in [1.807, 2.05) is 83.1 Å². The number of thiophene rings is 2. The number of carbonyl (C=O) groups is 2. The first-order chi connectivity index (χ1) is 37.8. The lowest BCUT2D eigenvalue weighted by molar-refractivity contribution is 0.0705. The fourth-order valence-corrected chi connectivity index (χ4v) is 23.4. The largest absolute Gasteiger partial charge is 0.501 e. The zero-order valence-electron chi connectivity index (χ0n) is 48.3. The molecular formula is C58H84O14S2Si4. The van der Waals surface area contributed by atoms with E-state index < -0.39 is 35.2 Å². The molecule has 0 atom stereocenters. The molecule has 2 heterocycles. The van der Waals surface area contributed by atoms with Gasteiger partial charge in [-0.05, 0) is 210 Å². The lowest BCUT2D eigenvalue weighted by atomic mass is 9.72. The number of rotatable bonds is 36. The summed E-state index contributed by atoms with van der Waals surface area (Å²) >= 11 is 3.29. The molecule has 0 spiro atoms. The highest BCUT2D eigenvalue weighted by Crippen LogP contribution is 2.47. The summed E-state index contributed by atoms with van der Waals surface area (Å²) in [4.78, 5) is 34.2. The Hall–Kier alpha value is -2.95. The molecule has 2 aromatic heterocycles. The smallest absolute Gasteiger partial charge is 0.374 e. The van der Waals surface area contributed by atoms with Gasteiger partial charge in [-0.1, -0.05) is 0 Å². The summed E-state index contributed by atoms with van der Waals surface area (Å²) in [7, 11) is -13.3. The van der Waals surface area contributed by atoms with Gasteiger partial charge in [0, 0.05) is 135 Å². The van der Waals surface area contributed by atoms with E-state index in [1.165, 1.54) is 0 Å². The quantitative estimate of drug-likeness (QED) is 0.0343. The molecule has 0 amide bonds. The molecule has 0 radical (unpaired) electrons. The van der Waals surface area contributed by atoms with Gasteiger partial charge in [0.2, 0.25) is 0 Å². The van der Waals surface area contributed by atoms with Crippen LogP contribution in [0, 0.1) is 0 Å². The predicted octanol–water partition coefficient (Wildman–Crippen LogP) is 13.6. The van der Waals surface area contributed by atoms with E-state index in [-0.39, 0.29) is 11.6 Å². The van der Waals surface area contributed by atoms with E-state index in [2.05, 4.69) is 47.2 Å². The SMILES string of the molecule is CCO[Si](CCc1c2c(c(CC[Si](OCC)(OCC)OCC)c3cc4sccc4cc13)C(=O)c1c(c(CC[Si](OCC)(OCC)OCC)c3cc4sccc4cc3c1CC[Si](OCC)(OCC)OCC)C2=O)(OCC)OCC. The van der Waals surface area contributed by atoms with E-state index in [9.17, 15) is 0 Å². The van der Waals surface area contributed by atoms with E-state index in [1.54, 1.807) is 22.7 Å². The highest BCUT2D eigenvalue weighted by molar-refractivity contribution is 7.17. The average molecular weight is 1180 g/mol. The van der Waals surface area contributed by atoms with E-state index >= 15 is 9.59 Å². The van der Waals surface area contributed by atoms with Crippen LogP contribution in [0.4, 0.5) is 0 Å². The van der Waals surface area contributed by atoms with Crippen LogP contribution in [0.15, 0.2) is 47.2 Å². The molecule has 0 saturated heterocycles. The molecule has 78 heavy (non-hydrogen) atoms. The standard InChI is InChI=1S/C58H84O14S2Si4/c1-13-61-75(62-14-2,63-15-3)33-27-43-47-37-41-25-31-73-51(41)39-49(47)45(29-35-77(67-19-7,68-20-8)69-21-9)55-53(43)57(59)56-46(30-36-78(70-22-10,71-23-11)72-24-12)50-40-52-42(26-32-74-52)38-48(50)44(54(56)58(55)60)28-34-76(64-16-4,65-17-5)66-18-6/h25-26,31-32,37-40H,13-24,27-30,33-36H2,1-12H3. The zero-order valence-corrected chi connectivity index (χ0v) is 53.9. The highest BCUT2D eigenvalue weighted by Gasteiger charge is 2.48. The number of carbonyl (C=O) groups excluding carboxylic acids is 2. The molecule has 1 aliphatic rings. The maximum atomic E-state index is 17.1. The molecule has 6 aromatic rings. The third kappa shape index (κ3) is 13.3. The molecule has 14 nitrogen and oxygen atoms in total. The van der Waals surface area contributed by atoms with Gasteiger partial charge in [0.15, 0.2) is 11.6 Å². The fourth-order valence-electron chi connectivity index (χ4n) is 11.6. The van der Waals surface area contributed by atoms with E-state index in [4.69, 9.17) is 53.1 Å². The molecule has 0 N–H and O–H groups in total. The van der Waals surface area contributed by atoms with E-state index in [0.29, 0.717) is 151 Å². The summed E-state index contributed by atoms with van der Waals surface area (Å²) in [5.41, 5.74) is 4.62. The second-order valence-corrected chi connectivity index (χ2v) is 31.5. The predicted molar refractivity (Wildman–Crippen MR) is 322 cm³/mol. The first-order valence-corrected chi connectivity index (χ1v) is 38.1. The molecule has 1 aliphatic carbocycles. The summed E-state index contributed by atoms with van der Waals surface area (Å²) in [5, 5.41) is 9.84. The Bertz CT molecular complexity index is 2530. The summed E-state index contributed by atoms with van der Waals surface area (Å²) in [6, 6.07) is 14.6. The van der Waals surface area contributed by atoms with Crippen molar-refractivity contribution < 1.29 is 62.7 Å². The van der Waals surface area contributed by atoms with Gasteiger partial charge in [-0.3, -0.25) is 9.59 Å². The first kappa shape index (κ1) is 62.6. The summed E-state index contributed by atoms with van der Waals surface area (Å²) in [5.74, 6) is -0.432. The van der Waals surface area contributed by atoms with Gasteiger partial charge in [0.05, 0.1) is 0 Å². The first-order valence-electron chi connectivity index (χ1n) is 28.6. The van der Waals surface area contributed by atoms with Crippen molar-refractivity contribution >= 4 is 111 Å². The van der Waals surface area contributed by atoms with Crippen molar-refractivity contribution in [3.63, 3.8) is 0 Å². The van der Waals surface area contributed by atoms with Crippen LogP contribution in [-0.2, 0) is 78.8 Å². The summed E-state index contributed by atoms with van der Waals surface area (Å²) < 4.78 is 80.2. The van der Waals surface area contributed by atoms with Crippen molar-refractivity contribution in [1.29, 1.82) is 0 Å². The number of ketones is 2. The normalized spacial score (nSPS) is 13.5. The summed E-state index contributed by atoms with van der Waals surface area (Å²) in [6.45, 7) is 28.1. The molecule has 0 aliphatic heterocycles. The van der Waals surface area contributed by atoms with Crippen molar-refractivity contribution in [3.05, 3.63) is 91.7 Å². The Balaban J connectivity index is 1.64. The van der Waals surface area contributed by atoms with Gasteiger partial charge in [0.1, 0.15) is 0 Å². The number of hydrogen-bond acceptors (Lipinski definition) is 16. The molecule has 20 heteroatoms. The second kappa shape index (κ2) is 28.8. The number of benzene rings is 4. The van der Waals surface area contributed by atoms with Gasteiger partial charge in [-0.2, -0.15) is 0 Å². The Kier molecular flexibility index (Phi) is 23.2. The Labute approximate surface area is 475 Å². The molecule has 7 rings (SSSR count). The van der Waals surface area contributed by atoms with Crippen LogP contribution in [0.1, 0.15) is 137 Å². The van der Waals surface area contributed by atoms with Crippen LogP contribution >= 0.6 is 22.7 Å². The van der Waals surface area contributed by atoms with Crippen molar-refractivity contribution in [2.24, 2.45) is 0 Å². The molecule has 0 saturated carbocycles. The Morgan fingerprint density at radius 1 is 0.321 bits per heavy atom. The van der Waals surface area contributed by atoms with Crippen LogP contribution in [-0.4, -0.2) is 126 Å². The summed E-state index contributed by atoms with van der Waals surface area (Å²) in [6.07, 6.45) is 1.38. The Morgan fingerprint density at radius 3 is 0.731 bits per heavy atom. The average Bonchev–Trinajstić information content (AvgIpc) is 4.22. The minimum Gasteiger partial charge on any atom is -0.374 e. The number of aryl methyl sites for hydroxylation is 4. The second-order valence-electron chi connectivity index (χ2n) is 18.7. The van der Waals surface area contributed by atoms with Crippen molar-refractivity contribution in [1.82, 2.24) is 0 Å². The third-order valence-corrected chi connectivity index (χ3v) is 28.1. The molecule has 4 aromatic carbocycles. The number of fused-ring (bicyclic) bond motifs is 6. The van der Waals surface area contributed by atoms with Crippen LogP contribution in [0.3, 0.4) is 0 Å². The van der Waals surface area contributed by atoms with Crippen LogP contribution in [0.25, 0.3) is 41.7 Å². The van der Waals surface area contributed by atoms with Crippen molar-refractivity contribution in [2.75, 3.05) is 79.3 Å². The van der Waals surface area contributed by atoms with Gasteiger partial charge in [-0.25, -0.2) is 0 Å². The van der Waals surface area contributed by atoms with Gasteiger partial charge in [0.25, 0.3) is 0 Å². The third-order valence-electron chi connectivity index (χ3n) is 14.2. The topological polar surface area (TPSA) is 145 Å². The highest BCUT2D eigenvalue weighted by atomic mass is 32.1. The van der Waals surface area contributed by atoms with Crippen LogP contribution < -0.4 is 0 Å². The van der Waals surface area contributed by atoms with E-state index in [0.717, 1.165) is 64.0 Å². The molecule has 0 fully saturated rings. The minimum absolute atomic E-state index is 0.216. The lowest BCUT2D eigenvalue weighted by Gasteiger charge is -2.33. The molecule has 0 unspecified atom stereocenters. The van der Waals surface area contributed by atoms with Crippen molar-refractivity contribution in [3.8, 4) is 0 Å². The molecular weight excluding hydrogens is 1100 g/mol. The van der Waals surface area contributed by atoms with Gasteiger partial charge in [-0.15, -0.1) is 22.7 Å². The maximum Gasteiger partial charge on any atom is 0.501 e. The molecule has 0 bridgehead atoms. The lowest BCUT2D eigenvalue weighted by Crippen LogP contribution is -2.47. The monoisotopic (exact) mass is 1180 g/mol. The Morgan fingerprint density at radius 2 is 0.526 bits per heavy atom. The van der Waals surface area contributed by atoms with Gasteiger partial charge >= 0.3 is 35.2 Å².